The van der Waals surface area contributed by atoms with Crippen molar-refractivity contribution in [3.05, 3.63) is 74.8 Å². The van der Waals surface area contributed by atoms with E-state index < -0.39 is 0 Å². The first-order chi connectivity index (χ1) is 11.2. The fraction of sp³-hybridized carbons (Fsp3) is 0.333. The van der Waals surface area contributed by atoms with E-state index in [9.17, 15) is 10.1 Å². The zero-order chi connectivity index (χ0) is 16.1. The molecule has 2 aromatic carbocycles. The SMILES string of the molecule is Cl.O=[N+]([O-])c1ccc2c(c1)CNCC2.c1ccc2c(c1)CCNC2. The van der Waals surface area contributed by atoms with Crippen LogP contribution in [0.5, 0.6) is 0 Å². The third kappa shape index (κ3) is 4.54. The number of benzene rings is 2. The highest BCUT2D eigenvalue weighted by molar-refractivity contribution is 5.85. The van der Waals surface area contributed by atoms with Gasteiger partial charge in [-0.1, -0.05) is 30.3 Å². The summed E-state index contributed by atoms with van der Waals surface area (Å²) in [5.74, 6) is 0. The van der Waals surface area contributed by atoms with E-state index in [2.05, 4.69) is 34.9 Å². The third-order valence-electron chi connectivity index (χ3n) is 4.29. The van der Waals surface area contributed by atoms with Crippen LogP contribution in [0.3, 0.4) is 0 Å². The van der Waals surface area contributed by atoms with Crippen LogP contribution in [0.25, 0.3) is 0 Å². The van der Waals surface area contributed by atoms with E-state index >= 15 is 0 Å². The van der Waals surface area contributed by atoms with E-state index in [1.54, 1.807) is 12.1 Å². The lowest BCUT2D eigenvalue weighted by Gasteiger charge is -2.15. The topological polar surface area (TPSA) is 67.2 Å². The number of nitro benzene ring substituents is 1. The minimum absolute atomic E-state index is 0. The Balaban J connectivity index is 0.000000172. The maximum atomic E-state index is 10.5. The number of nitro groups is 1. The minimum Gasteiger partial charge on any atom is -0.312 e. The van der Waals surface area contributed by atoms with E-state index in [4.69, 9.17) is 0 Å². The molecule has 0 saturated heterocycles. The monoisotopic (exact) mass is 347 g/mol. The molecule has 2 aliphatic heterocycles. The lowest BCUT2D eigenvalue weighted by Crippen LogP contribution is -2.23. The number of rotatable bonds is 1. The first-order valence-electron chi connectivity index (χ1n) is 7.98. The van der Waals surface area contributed by atoms with Gasteiger partial charge in [0.15, 0.2) is 0 Å². The van der Waals surface area contributed by atoms with Crippen LogP contribution in [0.4, 0.5) is 5.69 Å². The molecule has 0 unspecified atom stereocenters. The quantitative estimate of drug-likeness (QED) is 0.614. The van der Waals surface area contributed by atoms with Crippen molar-refractivity contribution in [1.29, 1.82) is 0 Å². The molecule has 0 radical (unpaired) electrons. The van der Waals surface area contributed by atoms with Crippen LogP contribution in [0.15, 0.2) is 42.5 Å². The molecule has 24 heavy (non-hydrogen) atoms. The lowest BCUT2D eigenvalue weighted by molar-refractivity contribution is -0.384. The van der Waals surface area contributed by atoms with E-state index in [0.717, 1.165) is 38.2 Å². The number of non-ortho nitro benzene ring substituents is 1. The van der Waals surface area contributed by atoms with E-state index in [-0.39, 0.29) is 23.0 Å². The fourth-order valence-electron chi connectivity index (χ4n) is 3.00. The van der Waals surface area contributed by atoms with Gasteiger partial charge in [0.1, 0.15) is 0 Å². The minimum atomic E-state index is -0.352. The molecule has 128 valence electrons. The van der Waals surface area contributed by atoms with Crippen molar-refractivity contribution in [2.45, 2.75) is 25.9 Å². The number of hydrogen-bond donors (Lipinski definition) is 2. The summed E-state index contributed by atoms with van der Waals surface area (Å²) < 4.78 is 0. The zero-order valence-corrected chi connectivity index (χ0v) is 14.3. The molecule has 2 aromatic rings. The van der Waals surface area contributed by atoms with Crippen LogP contribution in [0.2, 0.25) is 0 Å². The largest absolute Gasteiger partial charge is 0.312 e. The Kier molecular flexibility index (Phi) is 6.73. The predicted octanol–water partition coefficient (Wildman–Crippen LogP) is 2.99. The summed E-state index contributed by atoms with van der Waals surface area (Å²) in [7, 11) is 0. The van der Waals surface area contributed by atoms with Crippen molar-refractivity contribution in [3.63, 3.8) is 0 Å². The van der Waals surface area contributed by atoms with Gasteiger partial charge in [-0.3, -0.25) is 10.1 Å². The van der Waals surface area contributed by atoms with Crippen LogP contribution >= 0.6 is 12.4 Å². The van der Waals surface area contributed by atoms with Gasteiger partial charge in [0.25, 0.3) is 5.69 Å². The van der Waals surface area contributed by atoms with Gasteiger partial charge in [-0.2, -0.15) is 0 Å². The van der Waals surface area contributed by atoms with E-state index in [0.29, 0.717) is 0 Å². The van der Waals surface area contributed by atoms with Crippen molar-refractivity contribution < 1.29 is 4.92 Å². The molecule has 4 rings (SSSR count). The standard InChI is InChI=1S/C9H10N2O2.C9H11N.ClH/c12-11(13)9-2-1-7-3-4-10-6-8(7)5-9;1-2-4-9-7-10-6-5-8(9)3-1;/h1-2,5,10H,3-4,6H2;1-4,10H,5-7H2;1H. The molecule has 6 heteroatoms. The van der Waals surface area contributed by atoms with Crippen LogP contribution in [-0.2, 0) is 25.9 Å². The molecule has 0 aromatic heterocycles. The molecular formula is C18H22ClN3O2. The summed E-state index contributed by atoms with van der Waals surface area (Å²) >= 11 is 0. The highest BCUT2D eigenvalue weighted by Crippen LogP contribution is 2.20. The van der Waals surface area contributed by atoms with Gasteiger partial charge in [-0.25, -0.2) is 0 Å². The Hall–Kier alpha value is -1.95. The van der Waals surface area contributed by atoms with Gasteiger partial charge in [-0.05, 0) is 48.2 Å². The Labute approximate surface area is 148 Å². The molecule has 0 spiro atoms. The van der Waals surface area contributed by atoms with Crippen LogP contribution in [0, 0.1) is 10.1 Å². The average Bonchev–Trinajstić information content (AvgIpc) is 2.62. The summed E-state index contributed by atoms with van der Waals surface area (Å²) in [4.78, 5) is 10.1. The molecule has 2 heterocycles. The summed E-state index contributed by atoms with van der Waals surface area (Å²) in [6, 6.07) is 13.7. The molecular weight excluding hydrogens is 326 g/mol. The summed E-state index contributed by atoms with van der Waals surface area (Å²) in [6.07, 6.45) is 2.16. The van der Waals surface area contributed by atoms with Gasteiger partial charge in [0.05, 0.1) is 4.92 Å². The molecule has 2 N–H and O–H groups in total. The summed E-state index contributed by atoms with van der Waals surface area (Å²) in [5, 5.41) is 17.0. The zero-order valence-electron chi connectivity index (χ0n) is 13.5. The van der Waals surface area contributed by atoms with Crippen molar-refractivity contribution in [3.8, 4) is 0 Å². The molecule has 0 atom stereocenters. The molecule has 0 fully saturated rings. The number of fused-ring (bicyclic) bond motifs is 2. The summed E-state index contributed by atoms with van der Waals surface area (Å²) in [5.41, 5.74) is 5.45. The summed E-state index contributed by atoms with van der Waals surface area (Å²) in [6.45, 7) is 3.90. The Morgan fingerprint density at radius 2 is 1.42 bits per heavy atom. The second kappa shape index (κ2) is 8.78. The van der Waals surface area contributed by atoms with E-state index in [1.807, 2.05) is 6.07 Å². The molecule has 0 saturated carbocycles. The number of halogens is 1. The van der Waals surface area contributed by atoms with Crippen LogP contribution < -0.4 is 10.6 Å². The maximum Gasteiger partial charge on any atom is 0.269 e. The molecule has 0 aliphatic carbocycles. The first kappa shape index (κ1) is 18.4. The van der Waals surface area contributed by atoms with Crippen molar-refractivity contribution in [1.82, 2.24) is 10.6 Å². The average molecular weight is 348 g/mol. The highest BCUT2D eigenvalue weighted by Gasteiger charge is 2.12. The van der Waals surface area contributed by atoms with Crippen molar-refractivity contribution in [2.75, 3.05) is 13.1 Å². The first-order valence-corrected chi connectivity index (χ1v) is 7.98. The lowest BCUT2D eigenvalue weighted by atomic mass is 10.0. The normalized spacial score (nSPS) is 15.0. The smallest absolute Gasteiger partial charge is 0.269 e. The van der Waals surface area contributed by atoms with Crippen LogP contribution in [-0.4, -0.2) is 18.0 Å². The Bertz CT molecular complexity index is 681. The fourth-order valence-corrected chi connectivity index (χ4v) is 3.00. The van der Waals surface area contributed by atoms with Gasteiger partial charge >= 0.3 is 0 Å². The van der Waals surface area contributed by atoms with Crippen LogP contribution in [0.1, 0.15) is 22.3 Å². The van der Waals surface area contributed by atoms with Gasteiger partial charge in [0.2, 0.25) is 0 Å². The molecule has 0 amide bonds. The molecule has 5 nitrogen and oxygen atoms in total. The second-order valence-corrected chi connectivity index (χ2v) is 5.83. The second-order valence-electron chi connectivity index (χ2n) is 5.83. The third-order valence-corrected chi connectivity index (χ3v) is 4.29. The Morgan fingerprint density at radius 3 is 2.04 bits per heavy atom. The van der Waals surface area contributed by atoms with Crippen molar-refractivity contribution in [2.24, 2.45) is 0 Å². The number of nitrogens with zero attached hydrogens (tertiary/aromatic N) is 1. The molecule has 0 bridgehead atoms. The predicted molar refractivity (Wildman–Crippen MR) is 97.6 cm³/mol. The van der Waals surface area contributed by atoms with Crippen molar-refractivity contribution >= 4 is 18.1 Å². The number of nitrogens with one attached hydrogen (secondary N) is 2. The Morgan fingerprint density at radius 1 is 0.833 bits per heavy atom. The molecule has 2 aliphatic rings. The maximum absolute atomic E-state index is 10.5. The van der Waals surface area contributed by atoms with Gasteiger partial charge in [-0.15, -0.1) is 12.4 Å². The van der Waals surface area contributed by atoms with Gasteiger partial charge in [0, 0.05) is 25.2 Å². The number of hydrogen-bond acceptors (Lipinski definition) is 4. The van der Waals surface area contributed by atoms with Gasteiger partial charge < -0.3 is 10.6 Å². The highest BCUT2D eigenvalue weighted by atomic mass is 35.5. The van der Waals surface area contributed by atoms with E-state index in [1.165, 1.54) is 23.1 Å².